The number of nitro groups is 1. The fourth-order valence-electron chi connectivity index (χ4n) is 2.30. The van der Waals surface area contributed by atoms with E-state index in [0.29, 0.717) is 5.75 Å². The van der Waals surface area contributed by atoms with Crippen molar-refractivity contribution >= 4 is 35.5 Å². The summed E-state index contributed by atoms with van der Waals surface area (Å²) in [6, 6.07) is 7.54. The molecule has 0 aliphatic carbocycles. The summed E-state index contributed by atoms with van der Waals surface area (Å²) in [5.74, 6) is -2.03. The summed E-state index contributed by atoms with van der Waals surface area (Å²) in [6.07, 6.45) is 1.03. The molecule has 1 N–H and O–H groups in total. The molecule has 26 heavy (non-hydrogen) atoms. The monoisotopic (exact) mass is 357 g/mol. The number of carbonyl (C=O) groups excluding carboxylic acids is 3. The van der Waals surface area contributed by atoms with E-state index < -0.39 is 34.2 Å². The van der Waals surface area contributed by atoms with Crippen molar-refractivity contribution in [3.63, 3.8) is 0 Å². The summed E-state index contributed by atoms with van der Waals surface area (Å²) < 4.78 is 9.97. The van der Waals surface area contributed by atoms with Crippen molar-refractivity contribution in [2.45, 2.75) is 0 Å². The Bertz CT molecular complexity index is 960. The summed E-state index contributed by atoms with van der Waals surface area (Å²) in [6.45, 7) is 0. The fourth-order valence-corrected chi connectivity index (χ4v) is 2.30. The highest BCUT2D eigenvalue weighted by Gasteiger charge is 2.37. The van der Waals surface area contributed by atoms with Crippen LogP contribution in [-0.2, 0) is 9.59 Å². The fraction of sp³-hybridized carbons (Fsp3) is 0.0625. The Balaban J connectivity index is 1.99. The first kappa shape index (κ1) is 16.9. The van der Waals surface area contributed by atoms with Crippen molar-refractivity contribution < 1.29 is 28.5 Å². The van der Waals surface area contributed by atoms with E-state index in [2.05, 4.69) is 0 Å². The smallest absolute Gasteiger partial charge is 0.433 e. The van der Waals surface area contributed by atoms with Gasteiger partial charge in [-0.3, -0.25) is 25.0 Å². The molecule has 4 amide bonds. The average Bonchev–Trinajstić information content (AvgIpc) is 3.08. The predicted molar refractivity (Wildman–Crippen MR) is 87.4 cm³/mol. The summed E-state index contributed by atoms with van der Waals surface area (Å²) in [5, 5.41) is 12.7. The van der Waals surface area contributed by atoms with Crippen LogP contribution in [0.25, 0.3) is 6.08 Å². The van der Waals surface area contributed by atoms with Gasteiger partial charge >= 0.3 is 11.9 Å². The van der Waals surface area contributed by atoms with Crippen LogP contribution in [0, 0.1) is 10.1 Å². The molecule has 1 aliphatic heterocycles. The number of imide groups is 2. The second-order valence-corrected chi connectivity index (χ2v) is 5.09. The number of nitrogens with one attached hydrogen (secondary N) is 1. The number of rotatable bonds is 4. The number of carbonyl (C=O) groups is 3. The van der Waals surface area contributed by atoms with Gasteiger partial charge in [0.05, 0.1) is 18.9 Å². The van der Waals surface area contributed by atoms with E-state index in [9.17, 15) is 24.5 Å². The molecule has 10 nitrogen and oxygen atoms in total. The molecule has 1 fully saturated rings. The minimum Gasteiger partial charge on any atom is -0.497 e. The molecule has 0 atom stereocenters. The highest BCUT2D eigenvalue weighted by molar-refractivity contribution is 6.39. The van der Waals surface area contributed by atoms with E-state index in [0.717, 1.165) is 17.0 Å². The molecule has 0 spiro atoms. The quantitative estimate of drug-likeness (QED) is 0.382. The van der Waals surface area contributed by atoms with Crippen LogP contribution in [0.5, 0.6) is 5.75 Å². The lowest BCUT2D eigenvalue weighted by Crippen LogP contribution is -2.54. The lowest BCUT2D eigenvalue weighted by Gasteiger charge is -2.26. The lowest BCUT2D eigenvalue weighted by molar-refractivity contribution is -0.402. The number of benzene rings is 1. The maximum atomic E-state index is 12.7. The first-order valence-corrected chi connectivity index (χ1v) is 7.20. The summed E-state index contributed by atoms with van der Waals surface area (Å²) in [7, 11) is 1.43. The van der Waals surface area contributed by atoms with E-state index in [1.165, 1.54) is 25.3 Å². The maximum Gasteiger partial charge on any atom is 0.433 e. The van der Waals surface area contributed by atoms with Crippen molar-refractivity contribution in [3.05, 3.63) is 57.8 Å². The molecule has 1 saturated heterocycles. The summed E-state index contributed by atoms with van der Waals surface area (Å²) in [4.78, 5) is 47.4. The summed E-state index contributed by atoms with van der Waals surface area (Å²) in [5.41, 5.74) is -0.215. The molecule has 1 aliphatic rings. The third-order valence-corrected chi connectivity index (χ3v) is 3.49. The second kappa shape index (κ2) is 6.51. The average molecular weight is 357 g/mol. The molecule has 0 radical (unpaired) electrons. The number of methoxy groups -OCH3 is 1. The number of hydrogen-bond acceptors (Lipinski definition) is 7. The van der Waals surface area contributed by atoms with E-state index in [1.807, 2.05) is 5.32 Å². The Morgan fingerprint density at radius 3 is 2.65 bits per heavy atom. The number of anilines is 1. The molecular weight excluding hydrogens is 346 g/mol. The minimum absolute atomic E-state index is 0.0739. The third-order valence-electron chi connectivity index (χ3n) is 3.49. The number of hydrogen-bond donors (Lipinski definition) is 1. The van der Waals surface area contributed by atoms with Gasteiger partial charge in [-0.2, -0.15) is 0 Å². The Morgan fingerprint density at radius 2 is 2.00 bits per heavy atom. The zero-order valence-corrected chi connectivity index (χ0v) is 13.3. The zero-order chi connectivity index (χ0) is 18.8. The summed E-state index contributed by atoms with van der Waals surface area (Å²) >= 11 is 0. The number of barbiturate groups is 1. The van der Waals surface area contributed by atoms with Gasteiger partial charge in [0.25, 0.3) is 11.8 Å². The van der Waals surface area contributed by atoms with Crippen LogP contribution in [0.3, 0.4) is 0 Å². The van der Waals surface area contributed by atoms with Crippen LogP contribution in [0.2, 0.25) is 0 Å². The number of amides is 4. The van der Waals surface area contributed by atoms with Crippen molar-refractivity contribution in [3.8, 4) is 5.75 Å². The third kappa shape index (κ3) is 3.02. The molecular formula is C16H11N3O7. The number of nitrogens with zero attached hydrogens (tertiary/aromatic N) is 2. The normalized spacial score (nSPS) is 16.0. The van der Waals surface area contributed by atoms with Gasteiger partial charge in [0.2, 0.25) is 0 Å². The van der Waals surface area contributed by atoms with Crippen LogP contribution >= 0.6 is 0 Å². The van der Waals surface area contributed by atoms with Gasteiger partial charge in [-0.15, -0.1) is 0 Å². The van der Waals surface area contributed by atoms with E-state index in [4.69, 9.17) is 9.15 Å². The lowest BCUT2D eigenvalue weighted by atomic mass is 10.1. The first-order chi connectivity index (χ1) is 12.4. The van der Waals surface area contributed by atoms with Gasteiger partial charge in [0.1, 0.15) is 22.0 Å². The molecule has 132 valence electrons. The van der Waals surface area contributed by atoms with Crippen LogP contribution < -0.4 is 15.0 Å². The molecule has 1 aromatic carbocycles. The Labute approximate surface area is 145 Å². The number of ether oxygens (including phenoxy) is 1. The van der Waals surface area contributed by atoms with Crippen LogP contribution in [0.15, 0.2) is 46.4 Å². The van der Waals surface area contributed by atoms with E-state index in [1.54, 1.807) is 12.1 Å². The molecule has 2 heterocycles. The van der Waals surface area contributed by atoms with Crippen molar-refractivity contribution in [1.82, 2.24) is 5.32 Å². The Hall–Kier alpha value is -3.95. The van der Waals surface area contributed by atoms with Crippen LogP contribution in [0.1, 0.15) is 5.76 Å². The molecule has 0 saturated carbocycles. The number of urea groups is 1. The first-order valence-electron chi connectivity index (χ1n) is 7.20. The molecule has 10 heteroatoms. The van der Waals surface area contributed by atoms with Crippen molar-refractivity contribution in [2.24, 2.45) is 0 Å². The van der Waals surface area contributed by atoms with Gasteiger partial charge in [-0.05, 0) is 24.3 Å². The van der Waals surface area contributed by atoms with Gasteiger partial charge in [0.15, 0.2) is 0 Å². The van der Waals surface area contributed by atoms with E-state index in [-0.39, 0.29) is 11.4 Å². The number of furan rings is 1. The largest absolute Gasteiger partial charge is 0.497 e. The molecule has 0 bridgehead atoms. The molecule has 2 aromatic rings. The molecule has 0 unspecified atom stereocenters. The topological polar surface area (TPSA) is 132 Å². The van der Waals surface area contributed by atoms with E-state index >= 15 is 0 Å². The predicted octanol–water partition coefficient (Wildman–Crippen LogP) is 1.86. The van der Waals surface area contributed by atoms with Gasteiger partial charge < -0.3 is 9.15 Å². The highest BCUT2D eigenvalue weighted by atomic mass is 16.6. The van der Waals surface area contributed by atoms with Crippen LogP contribution in [-0.4, -0.2) is 29.9 Å². The second-order valence-electron chi connectivity index (χ2n) is 5.09. The molecule has 1 aromatic heterocycles. The molecule has 3 rings (SSSR count). The van der Waals surface area contributed by atoms with Gasteiger partial charge in [-0.1, -0.05) is 6.07 Å². The van der Waals surface area contributed by atoms with Crippen molar-refractivity contribution in [1.29, 1.82) is 0 Å². The van der Waals surface area contributed by atoms with Crippen molar-refractivity contribution in [2.75, 3.05) is 12.0 Å². The Kier molecular flexibility index (Phi) is 4.23. The highest BCUT2D eigenvalue weighted by Crippen LogP contribution is 2.26. The van der Waals surface area contributed by atoms with Crippen LogP contribution in [0.4, 0.5) is 16.4 Å². The maximum absolute atomic E-state index is 12.7. The zero-order valence-electron chi connectivity index (χ0n) is 13.3. The Morgan fingerprint density at radius 1 is 1.23 bits per heavy atom. The SMILES string of the molecule is COc1cccc(N2C(=O)NC(=O)/C(=C/c3ccc([N+](=O)[O-])o3)C2=O)c1. The standard InChI is InChI=1S/C16H11N3O7/c1-25-10-4-2-3-9(7-10)18-15(21)12(14(20)17-16(18)22)8-11-5-6-13(26-11)19(23)24/h2-8H,1H3,(H,17,20,22)/b12-8-. The minimum atomic E-state index is -0.932. The van der Waals surface area contributed by atoms with Gasteiger partial charge in [-0.25, -0.2) is 9.69 Å². The van der Waals surface area contributed by atoms with Gasteiger partial charge in [0, 0.05) is 6.07 Å².